The van der Waals surface area contributed by atoms with E-state index in [1.165, 1.54) is 25.1 Å². The van der Waals surface area contributed by atoms with E-state index in [2.05, 4.69) is 10.4 Å². The predicted molar refractivity (Wildman–Crippen MR) is 76.7 cm³/mol. The number of aryl methyl sites for hydroxylation is 1. The highest BCUT2D eigenvalue weighted by molar-refractivity contribution is 6.32. The summed E-state index contributed by atoms with van der Waals surface area (Å²) in [6.07, 6.45) is -4.72. The third-order valence-electron chi connectivity index (χ3n) is 3.09. The van der Waals surface area contributed by atoms with Gasteiger partial charge in [-0.25, -0.2) is 4.39 Å². The van der Waals surface area contributed by atoms with Crippen LogP contribution in [-0.2, 0) is 17.5 Å². The van der Waals surface area contributed by atoms with Gasteiger partial charge in [-0.2, -0.15) is 18.3 Å². The van der Waals surface area contributed by atoms with Gasteiger partial charge >= 0.3 is 6.18 Å². The Morgan fingerprint density at radius 2 is 2.00 bits per heavy atom. The minimum absolute atomic E-state index is 0.00106. The average molecular weight is 350 g/mol. The van der Waals surface area contributed by atoms with E-state index in [0.29, 0.717) is 0 Å². The second kappa shape index (κ2) is 6.19. The number of anilines is 1. The molecule has 1 heterocycles. The summed E-state index contributed by atoms with van der Waals surface area (Å²) < 4.78 is 52.5. The fraction of sp³-hybridized carbons (Fsp3) is 0.286. The van der Waals surface area contributed by atoms with Crippen molar-refractivity contribution in [3.05, 3.63) is 46.0 Å². The van der Waals surface area contributed by atoms with Crippen LogP contribution in [0, 0.1) is 19.7 Å². The van der Waals surface area contributed by atoms with Crippen LogP contribution in [0.3, 0.4) is 0 Å². The van der Waals surface area contributed by atoms with Gasteiger partial charge in [-0.05, 0) is 31.5 Å². The van der Waals surface area contributed by atoms with Crippen molar-refractivity contribution in [1.29, 1.82) is 0 Å². The van der Waals surface area contributed by atoms with E-state index < -0.39 is 35.2 Å². The minimum atomic E-state index is -4.72. The summed E-state index contributed by atoms with van der Waals surface area (Å²) in [5, 5.41) is 5.04. The highest BCUT2D eigenvalue weighted by Gasteiger charge is 2.38. The van der Waals surface area contributed by atoms with Crippen LogP contribution in [0.5, 0.6) is 0 Å². The van der Waals surface area contributed by atoms with Gasteiger partial charge in [0.2, 0.25) is 5.91 Å². The van der Waals surface area contributed by atoms with Crippen LogP contribution in [-0.4, -0.2) is 15.7 Å². The maximum atomic E-state index is 13.6. The Bertz CT molecular complexity index is 755. The van der Waals surface area contributed by atoms with E-state index in [0.717, 1.165) is 10.2 Å². The molecule has 2 rings (SSSR count). The fourth-order valence-corrected chi connectivity index (χ4v) is 2.16. The van der Waals surface area contributed by atoms with E-state index in [1.807, 2.05) is 0 Å². The normalized spacial score (nSPS) is 11.6. The largest absolute Gasteiger partial charge is 0.436 e. The van der Waals surface area contributed by atoms with Crippen LogP contribution in [0.1, 0.15) is 17.0 Å². The number of aromatic nitrogens is 2. The quantitative estimate of drug-likeness (QED) is 0.853. The minimum Gasteiger partial charge on any atom is -0.322 e. The Labute approximate surface area is 134 Å². The molecule has 1 amide bonds. The smallest absolute Gasteiger partial charge is 0.322 e. The van der Waals surface area contributed by atoms with Gasteiger partial charge in [0, 0.05) is 0 Å². The molecule has 0 aliphatic rings. The lowest BCUT2D eigenvalue weighted by molar-refractivity contribution is -0.141. The molecule has 0 saturated carbocycles. The van der Waals surface area contributed by atoms with Crippen molar-refractivity contribution in [1.82, 2.24) is 9.78 Å². The molecule has 0 aliphatic heterocycles. The Hall–Kier alpha value is -2.09. The molecule has 4 nitrogen and oxygen atoms in total. The summed E-state index contributed by atoms with van der Waals surface area (Å²) in [4.78, 5) is 11.9. The molecule has 0 spiro atoms. The number of hydrogen-bond donors (Lipinski definition) is 1. The van der Waals surface area contributed by atoms with Gasteiger partial charge in [0.15, 0.2) is 5.69 Å². The molecular weight excluding hydrogens is 338 g/mol. The molecule has 1 N–H and O–H groups in total. The molecule has 23 heavy (non-hydrogen) atoms. The number of hydrogen-bond acceptors (Lipinski definition) is 2. The summed E-state index contributed by atoms with van der Waals surface area (Å²) in [7, 11) is 0. The van der Waals surface area contributed by atoms with E-state index in [4.69, 9.17) is 11.6 Å². The molecule has 0 unspecified atom stereocenters. The maximum Gasteiger partial charge on any atom is 0.436 e. The van der Waals surface area contributed by atoms with E-state index in [1.54, 1.807) is 6.92 Å². The van der Waals surface area contributed by atoms with Crippen LogP contribution in [0.25, 0.3) is 0 Å². The lowest BCUT2D eigenvalue weighted by Crippen LogP contribution is -2.21. The summed E-state index contributed by atoms with van der Waals surface area (Å²) >= 11 is 5.59. The van der Waals surface area contributed by atoms with Crippen molar-refractivity contribution in [2.75, 3.05) is 5.32 Å². The van der Waals surface area contributed by atoms with Crippen molar-refractivity contribution in [2.45, 2.75) is 26.6 Å². The molecule has 1 aromatic heterocycles. The highest BCUT2D eigenvalue weighted by Crippen LogP contribution is 2.35. The molecule has 0 atom stereocenters. The van der Waals surface area contributed by atoms with Crippen LogP contribution in [0.2, 0.25) is 5.02 Å². The first kappa shape index (κ1) is 17.3. The van der Waals surface area contributed by atoms with E-state index >= 15 is 0 Å². The number of benzene rings is 1. The Morgan fingerprint density at radius 1 is 1.35 bits per heavy atom. The van der Waals surface area contributed by atoms with Crippen molar-refractivity contribution in [2.24, 2.45) is 0 Å². The topological polar surface area (TPSA) is 46.9 Å². The van der Waals surface area contributed by atoms with Crippen molar-refractivity contribution < 1.29 is 22.4 Å². The fourth-order valence-electron chi connectivity index (χ4n) is 1.92. The summed E-state index contributed by atoms with van der Waals surface area (Å²) in [5.41, 5.74) is -0.591. The standard InChI is InChI=1S/C14H12ClF4N3O/c1-7-3-4-9(16)10(5-7)20-11(23)6-22-8(2)12(15)13(21-22)14(17,18)19/h3-5H,6H2,1-2H3,(H,20,23). The van der Waals surface area contributed by atoms with E-state index in [9.17, 15) is 22.4 Å². The number of nitrogens with one attached hydrogen (secondary N) is 1. The lowest BCUT2D eigenvalue weighted by atomic mass is 10.2. The summed E-state index contributed by atoms with van der Waals surface area (Å²) in [6.45, 7) is 2.50. The van der Waals surface area contributed by atoms with Crippen LogP contribution in [0.4, 0.5) is 23.2 Å². The molecule has 0 radical (unpaired) electrons. The maximum absolute atomic E-state index is 13.6. The van der Waals surface area contributed by atoms with Gasteiger partial charge in [0.05, 0.1) is 16.4 Å². The number of carbonyl (C=O) groups excluding carboxylic acids is 1. The first-order valence-corrected chi connectivity index (χ1v) is 6.83. The zero-order valence-corrected chi connectivity index (χ0v) is 12.9. The van der Waals surface area contributed by atoms with Crippen molar-refractivity contribution >= 4 is 23.2 Å². The monoisotopic (exact) mass is 349 g/mol. The van der Waals surface area contributed by atoms with Gasteiger partial charge in [0.25, 0.3) is 0 Å². The Kier molecular flexibility index (Phi) is 4.65. The van der Waals surface area contributed by atoms with Crippen LogP contribution >= 0.6 is 11.6 Å². The van der Waals surface area contributed by atoms with Crippen LogP contribution in [0.15, 0.2) is 18.2 Å². The van der Waals surface area contributed by atoms with Crippen molar-refractivity contribution in [3.8, 4) is 0 Å². The number of amides is 1. The number of nitrogens with zero attached hydrogens (tertiary/aromatic N) is 2. The van der Waals surface area contributed by atoms with Gasteiger partial charge < -0.3 is 5.32 Å². The van der Waals surface area contributed by atoms with E-state index in [-0.39, 0.29) is 11.4 Å². The third-order valence-corrected chi connectivity index (χ3v) is 3.54. The van der Waals surface area contributed by atoms with Gasteiger partial charge in [0.1, 0.15) is 12.4 Å². The number of halogens is 5. The van der Waals surface area contributed by atoms with Crippen molar-refractivity contribution in [3.63, 3.8) is 0 Å². The Morgan fingerprint density at radius 3 is 2.57 bits per heavy atom. The third kappa shape index (κ3) is 3.82. The highest BCUT2D eigenvalue weighted by atomic mass is 35.5. The Balaban J connectivity index is 2.19. The zero-order chi connectivity index (χ0) is 17.4. The number of rotatable bonds is 3. The van der Waals surface area contributed by atoms with Gasteiger partial charge in [-0.1, -0.05) is 17.7 Å². The first-order chi connectivity index (χ1) is 10.6. The first-order valence-electron chi connectivity index (χ1n) is 6.45. The SMILES string of the molecule is Cc1ccc(F)c(NC(=O)Cn2nc(C(F)(F)F)c(Cl)c2C)c1. The zero-order valence-electron chi connectivity index (χ0n) is 12.1. The molecular formula is C14H12ClF4N3O. The van der Waals surface area contributed by atoms with Crippen LogP contribution < -0.4 is 5.32 Å². The average Bonchev–Trinajstić information content (AvgIpc) is 2.71. The number of carbonyl (C=O) groups is 1. The molecule has 0 aliphatic carbocycles. The van der Waals surface area contributed by atoms with Gasteiger partial charge in [-0.15, -0.1) is 0 Å². The molecule has 9 heteroatoms. The molecule has 1 aromatic carbocycles. The summed E-state index contributed by atoms with van der Waals surface area (Å²) in [5.74, 6) is -1.36. The lowest BCUT2D eigenvalue weighted by Gasteiger charge is -2.08. The molecule has 2 aromatic rings. The van der Waals surface area contributed by atoms with Gasteiger partial charge in [-0.3, -0.25) is 9.48 Å². The molecule has 0 fully saturated rings. The molecule has 0 bridgehead atoms. The second-order valence-electron chi connectivity index (χ2n) is 4.93. The second-order valence-corrected chi connectivity index (χ2v) is 5.31. The summed E-state index contributed by atoms with van der Waals surface area (Å²) in [6, 6.07) is 4.12. The number of alkyl halides is 3. The predicted octanol–water partition coefficient (Wildman–Crippen LogP) is 3.95. The molecule has 0 saturated heterocycles. The molecule has 124 valence electrons.